The van der Waals surface area contributed by atoms with Gasteiger partial charge in [0.05, 0.1) is 22.9 Å². The summed E-state index contributed by atoms with van der Waals surface area (Å²) in [6.07, 6.45) is 2.32. The van der Waals surface area contributed by atoms with Gasteiger partial charge in [0.1, 0.15) is 17.3 Å². The van der Waals surface area contributed by atoms with Crippen LogP contribution >= 0.6 is 11.6 Å². The van der Waals surface area contributed by atoms with Gasteiger partial charge in [-0.3, -0.25) is 9.36 Å². The average Bonchev–Trinajstić information content (AvgIpc) is 3.28. The second kappa shape index (κ2) is 11.3. The first-order chi connectivity index (χ1) is 17.4. The molecule has 1 aliphatic heterocycles. The molecule has 9 heteroatoms. The quantitative estimate of drug-likeness (QED) is 0.459. The molecule has 0 amide bonds. The summed E-state index contributed by atoms with van der Waals surface area (Å²) in [4.78, 5) is 27.4. The van der Waals surface area contributed by atoms with Crippen molar-refractivity contribution in [3.05, 3.63) is 63.7 Å². The molecule has 2 atom stereocenters. The van der Waals surface area contributed by atoms with Crippen LogP contribution in [0, 0.1) is 0 Å². The number of rotatable bonds is 9. The Labute approximate surface area is 217 Å². The van der Waals surface area contributed by atoms with E-state index < -0.39 is 0 Å². The zero-order valence-corrected chi connectivity index (χ0v) is 22.4. The molecule has 0 bridgehead atoms. The van der Waals surface area contributed by atoms with E-state index in [0.717, 1.165) is 22.8 Å². The summed E-state index contributed by atoms with van der Waals surface area (Å²) in [6, 6.07) is 11.6. The third-order valence-corrected chi connectivity index (χ3v) is 6.87. The molecule has 0 unspecified atom stereocenters. The molecular formula is C27H35ClN6O2. The third kappa shape index (κ3) is 5.20. The maximum Gasteiger partial charge on any atom is 0.277 e. The van der Waals surface area contributed by atoms with Gasteiger partial charge in [-0.2, -0.15) is 0 Å². The van der Waals surface area contributed by atoms with E-state index in [1.54, 1.807) is 10.8 Å². The number of pyridine rings is 1. The Morgan fingerprint density at radius 3 is 2.58 bits per heavy atom. The molecule has 1 fully saturated rings. The number of hydrogen-bond acceptors (Lipinski definition) is 7. The number of benzene rings is 1. The van der Waals surface area contributed by atoms with Crippen molar-refractivity contribution in [2.24, 2.45) is 0 Å². The summed E-state index contributed by atoms with van der Waals surface area (Å²) in [5, 5.41) is 4.09. The molecule has 1 aromatic carbocycles. The minimum atomic E-state index is -0.0985. The number of hydrogen-bond donors (Lipinski definition) is 1. The number of ether oxygens (including phenoxy) is 1. The Kier molecular flexibility index (Phi) is 8.16. The molecule has 4 rings (SSSR count). The zero-order chi connectivity index (χ0) is 25.8. The van der Waals surface area contributed by atoms with Crippen molar-refractivity contribution in [3.63, 3.8) is 0 Å². The minimum absolute atomic E-state index is 0.0779. The van der Waals surface area contributed by atoms with Crippen LogP contribution in [0.15, 0.2) is 47.4 Å². The van der Waals surface area contributed by atoms with Gasteiger partial charge < -0.3 is 19.9 Å². The molecule has 36 heavy (non-hydrogen) atoms. The maximum absolute atomic E-state index is 13.8. The molecule has 192 valence electrons. The van der Waals surface area contributed by atoms with Gasteiger partial charge in [0, 0.05) is 57.8 Å². The van der Waals surface area contributed by atoms with Crippen molar-refractivity contribution < 1.29 is 4.74 Å². The highest BCUT2D eigenvalue weighted by atomic mass is 35.5. The third-order valence-electron chi connectivity index (χ3n) is 6.56. The van der Waals surface area contributed by atoms with Crippen LogP contribution in [0.3, 0.4) is 0 Å². The molecule has 1 N–H and O–H groups in total. The molecule has 2 aromatic heterocycles. The van der Waals surface area contributed by atoms with Crippen LogP contribution in [0.5, 0.6) is 0 Å². The average molecular weight is 511 g/mol. The molecule has 3 aromatic rings. The second-order valence-corrected chi connectivity index (χ2v) is 9.46. The smallest absolute Gasteiger partial charge is 0.277 e. The molecule has 1 saturated heterocycles. The van der Waals surface area contributed by atoms with E-state index in [0.29, 0.717) is 49.2 Å². The number of aromatic nitrogens is 3. The first-order valence-corrected chi connectivity index (χ1v) is 12.9. The Hall–Kier alpha value is -3.10. The highest BCUT2D eigenvalue weighted by molar-refractivity contribution is 6.33. The van der Waals surface area contributed by atoms with E-state index in [1.807, 2.05) is 76.2 Å². The topological polar surface area (TPSA) is 75.5 Å². The van der Waals surface area contributed by atoms with E-state index in [9.17, 15) is 4.79 Å². The van der Waals surface area contributed by atoms with E-state index >= 15 is 0 Å². The summed E-state index contributed by atoms with van der Waals surface area (Å²) in [7, 11) is 3.93. The van der Waals surface area contributed by atoms with Crippen LogP contribution in [0.2, 0.25) is 5.02 Å². The van der Waals surface area contributed by atoms with E-state index in [1.165, 1.54) is 0 Å². The zero-order valence-electron chi connectivity index (χ0n) is 21.7. The standard InChI is InChI=1S/C27H35ClN6O2/c1-6-21-25(30-22-16-33(17-23(22)36-8-3)24-11-9-10-14-29-24)27(35)34(7-2)26(31-21)19-13-12-18(32(4)5)15-20(19)28/h9-15,22-23,30H,6-8,16-17H2,1-5H3/t22-,23+/m1/s1. The number of anilines is 3. The van der Waals surface area contributed by atoms with Gasteiger partial charge in [-0.15, -0.1) is 0 Å². The number of nitrogens with one attached hydrogen (secondary N) is 1. The molecule has 8 nitrogen and oxygen atoms in total. The van der Waals surface area contributed by atoms with Crippen LogP contribution in [0.4, 0.5) is 17.2 Å². The molecule has 0 radical (unpaired) electrons. The summed E-state index contributed by atoms with van der Waals surface area (Å²) >= 11 is 6.66. The summed E-state index contributed by atoms with van der Waals surface area (Å²) in [5.74, 6) is 1.49. The van der Waals surface area contributed by atoms with Gasteiger partial charge in [0.2, 0.25) is 0 Å². The predicted molar refractivity (Wildman–Crippen MR) is 148 cm³/mol. The Bertz CT molecular complexity index is 1250. The Morgan fingerprint density at radius 2 is 1.97 bits per heavy atom. The number of halogens is 1. The van der Waals surface area contributed by atoms with Crippen LogP contribution in [-0.2, 0) is 17.7 Å². The van der Waals surface area contributed by atoms with Crippen molar-refractivity contribution in [2.75, 3.05) is 48.9 Å². The Balaban J connectivity index is 1.71. The lowest BCUT2D eigenvalue weighted by atomic mass is 10.1. The molecule has 0 spiro atoms. The van der Waals surface area contributed by atoms with Gasteiger partial charge in [-0.05, 0) is 50.6 Å². The van der Waals surface area contributed by atoms with Crippen molar-refractivity contribution in [3.8, 4) is 11.4 Å². The van der Waals surface area contributed by atoms with Crippen LogP contribution in [-0.4, -0.2) is 60.5 Å². The highest BCUT2D eigenvalue weighted by Crippen LogP contribution is 2.31. The van der Waals surface area contributed by atoms with Crippen molar-refractivity contribution >= 4 is 28.8 Å². The number of aryl methyl sites for hydroxylation is 1. The molecule has 0 aliphatic carbocycles. The lowest BCUT2D eigenvalue weighted by molar-refractivity contribution is 0.0719. The fraction of sp³-hybridized carbons (Fsp3) is 0.444. The highest BCUT2D eigenvalue weighted by Gasteiger charge is 2.35. The van der Waals surface area contributed by atoms with Gasteiger partial charge in [-0.1, -0.05) is 24.6 Å². The van der Waals surface area contributed by atoms with Gasteiger partial charge >= 0.3 is 0 Å². The van der Waals surface area contributed by atoms with Crippen LogP contribution < -0.4 is 20.7 Å². The molecule has 3 heterocycles. The van der Waals surface area contributed by atoms with E-state index in [2.05, 4.69) is 15.2 Å². The maximum atomic E-state index is 13.8. The summed E-state index contributed by atoms with van der Waals surface area (Å²) in [5.41, 5.74) is 2.89. The summed E-state index contributed by atoms with van der Waals surface area (Å²) < 4.78 is 7.76. The normalized spacial score (nSPS) is 17.4. The second-order valence-electron chi connectivity index (χ2n) is 9.06. The van der Waals surface area contributed by atoms with Gasteiger partial charge in [0.25, 0.3) is 5.56 Å². The largest absolute Gasteiger partial charge is 0.378 e. The van der Waals surface area contributed by atoms with Crippen LogP contribution in [0.25, 0.3) is 11.4 Å². The van der Waals surface area contributed by atoms with Gasteiger partial charge in [0.15, 0.2) is 0 Å². The predicted octanol–water partition coefficient (Wildman–Crippen LogP) is 4.31. The molecular weight excluding hydrogens is 476 g/mol. The first-order valence-electron chi connectivity index (χ1n) is 12.5. The van der Waals surface area contributed by atoms with Crippen molar-refractivity contribution in [1.29, 1.82) is 0 Å². The molecule has 1 aliphatic rings. The van der Waals surface area contributed by atoms with E-state index in [4.69, 9.17) is 21.3 Å². The van der Waals surface area contributed by atoms with E-state index in [-0.39, 0.29) is 17.7 Å². The fourth-order valence-corrected chi connectivity index (χ4v) is 4.93. The first kappa shape index (κ1) is 26.0. The Morgan fingerprint density at radius 1 is 1.17 bits per heavy atom. The number of nitrogens with zero attached hydrogens (tertiary/aromatic N) is 5. The fourth-order valence-electron chi connectivity index (χ4n) is 4.67. The SMILES string of the molecule is CCO[C@H]1CN(c2ccccn2)C[C@H]1Nc1c(CC)nc(-c2ccc(N(C)C)cc2Cl)n(CC)c1=O. The lowest BCUT2D eigenvalue weighted by Crippen LogP contribution is -2.38. The van der Waals surface area contributed by atoms with Crippen LogP contribution in [0.1, 0.15) is 26.5 Å². The van der Waals surface area contributed by atoms with Gasteiger partial charge in [-0.25, -0.2) is 9.97 Å². The van der Waals surface area contributed by atoms with Crippen molar-refractivity contribution in [1.82, 2.24) is 14.5 Å². The molecule has 0 saturated carbocycles. The summed E-state index contributed by atoms with van der Waals surface area (Å²) in [6.45, 7) is 8.40. The minimum Gasteiger partial charge on any atom is -0.378 e. The lowest BCUT2D eigenvalue weighted by Gasteiger charge is -2.23. The monoisotopic (exact) mass is 510 g/mol. The van der Waals surface area contributed by atoms with Crippen molar-refractivity contribution in [2.45, 2.75) is 45.9 Å².